The molecule has 0 aliphatic rings. The van der Waals surface area contributed by atoms with Gasteiger partial charge in [0.1, 0.15) is 24.2 Å². The Balaban J connectivity index is 2.94. The van der Waals surface area contributed by atoms with Crippen LogP contribution in [0.3, 0.4) is 0 Å². The second-order valence-electron chi connectivity index (χ2n) is 4.94. The van der Waals surface area contributed by atoms with Crippen molar-refractivity contribution in [3.05, 3.63) is 34.9 Å². The van der Waals surface area contributed by atoms with Crippen LogP contribution < -0.4 is 0 Å². The summed E-state index contributed by atoms with van der Waals surface area (Å²) in [4.78, 5) is 34.7. The zero-order valence-electron chi connectivity index (χ0n) is 12.4. The lowest BCUT2D eigenvalue weighted by molar-refractivity contribution is -0.176. The zero-order valence-corrected chi connectivity index (χ0v) is 13.2. The highest BCUT2D eigenvalue weighted by Crippen LogP contribution is 2.33. The molecule has 1 aromatic carbocycles. The summed E-state index contributed by atoms with van der Waals surface area (Å²) in [5.74, 6) is -4.89. The third-order valence-electron chi connectivity index (χ3n) is 3.29. The minimum atomic E-state index is -3.28. The Morgan fingerprint density at radius 1 is 1.39 bits per heavy atom. The molecule has 0 heterocycles. The Bertz CT molecular complexity index is 593. The van der Waals surface area contributed by atoms with E-state index in [2.05, 4.69) is 4.74 Å². The summed E-state index contributed by atoms with van der Waals surface area (Å²) in [7, 11) is 0.934. The normalized spacial score (nSPS) is 14.7. The van der Waals surface area contributed by atoms with Crippen molar-refractivity contribution in [2.24, 2.45) is 11.3 Å². The van der Waals surface area contributed by atoms with Gasteiger partial charge in [0.15, 0.2) is 0 Å². The first-order chi connectivity index (χ1) is 10.8. The quantitative estimate of drug-likeness (QED) is 0.430. The van der Waals surface area contributed by atoms with Crippen LogP contribution in [0.4, 0.5) is 8.78 Å². The van der Waals surface area contributed by atoms with Gasteiger partial charge in [-0.1, -0.05) is 23.7 Å². The maximum atomic E-state index is 13.2. The van der Waals surface area contributed by atoms with Crippen LogP contribution in [0, 0.1) is 11.3 Å². The van der Waals surface area contributed by atoms with Crippen molar-refractivity contribution < 1.29 is 32.6 Å². The third-order valence-corrected chi connectivity index (χ3v) is 3.53. The molecular formula is C15H15ClF2O5. The maximum absolute atomic E-state index is 13.2. The smallest absolute Gasteiger partial charge is 0.319 e. The minimum Gasteiger partial charge on any atom is -0.468 e. The molecule has 0 saturated carbocycles. The van der Waals surface area contributed by atoms with E-state index in [4.69, 9.17) is 16.3 Å². The first kappa shape index (κ1) is 19.0. The second-order valence-corrected chi connectivity index (χ2v) is 5.38. The number of alkyl halides is 2. The summed E-state index contributed by atoms with van der Waals surface area (Å²) in [5.41, 5.74) is -1.86. The molecule has 0 N–H and O–H groups in total. The summed E-state index contributed by atoms with van der Waals surface area (Å²) in [6, 6.07) is 6.26. The van der Waals surface area contributed by atoms with Gasteiger partial charge >= 0.3 is 11.9 Å². The lowest BCUT2D eigenvalue weighted by atomic mass is 9.78. The molecule has 0 bridgehead atoms. The molecule has 0 amide bonds. The number of halogens is 3. The molecule has 1 aromatic rings. The molecule has 5 nitrogen and oxygen atoms in total. The third kappa shape index (κ3) is 4.48. The van der Waals surface area contributed by atoms with Crippen LogP contribution in [0.1, 0.15) is 12.5 Å². The first-order valence-corrected chi connectivity index (χ1v) is 6.88. The molecule has 2 atom stereocenters. The lowest BCUT2D eigenvalue weighted by Gasteiger charge is -2.27. The molecule has 0 radical (unpaired) electrons. The van der Waals surface area contributed by atoms with E-state index < -0.39 is 29.7 Å². The van der Waals surface area contributed by atoms with E-state index in [1.165, 1.54) is 6.07 Å². The maximum Gasteiger partial charge on any atom is 0.319 e. The van der Waals surface area contributed by atoms with Crippen molar-refractivity contribution in [2.75, 3.05) is 7.11 Å². The van der Waals surface area contributed by atoms with Gasteiger partial charge in [-0.25, -0.2) is 8.78 Å². The van der Waals surface area contributed by atoms with E-state index in [0.717, 1.165) is 14.0 Å². The van der Waals surface area contributed by atoms with Crippen LogP contribution in [0.2, 0.25) is 5.02 Å². The van der Waals surface area contributed by atoms with Gasteiger partial charge in [-0.3, -0.25) is 9.59 Å². The highest BCUT2D eigenvalue weighted by atomic mass is 35.5. The highest BCUT2D eigenvalue weighted by Gasteiger charge is 2.52. The Labute approximate surface area is 136 Å². The van der Waals surface area contributed by atoms with Crippen LogP contribution in [0.5, 0.6) is 0 Å². The molecule has 2 unspecified atom stereocenters. The topological polar surface area (TPSA) is 69.7 Å². The fourth-order valence-corrected chi connectivity index (χ4v) is 2.16. The van der Waals surface area contributed by atoms with E-state index in [-0.39, 0.29) is 12.9 Å². The van der Waals surface area contributed by atoms with Crippen LogP contribution in [-0.4, -0.2) is 31.8 Å². The summed E-state index contributed by atoms with van der Waals surface area (Å²) < 4.78 is 35.6. The number of hydrogen-bond acceptors (Lipinski definition) is 5. The van der Waals surface area contributed by atoms with Crippen molar-refractivity contribution in [3.63, 3.8) is 0 Å². The second kappa shape index (κ2) is 8.01. The van der Waals surface area contributed by atoms with Gasteiger partial charge in [0.2, 0.25) is 0 Å². The highest BCUT2D eigenvalue weighted by molar-refractivity contribution is 6.30. The molecule has 1 rings (SSSR count). The first-order valence-electron chi connectivity index (χ1n) is 6.50. The molecule has 0 spiro atoms. The van der Waals surface area contributed by atoms with E-state index in [0.29, 0.717) is 10.6 Å². The number of methoxy groups -OCH3 is 1. The number of ether oxygens (including phenoxy) is 2. The summed E-state index contributed by atoms with van der Waals surface area (Å²) in [6.45, 7) is 0.585. The van der Waals surface area contributed by atoms with Gasteiger partial charge in [-0.05, 0) is 24.6 Å². The van der Waals surface area contributed by atoms with Crippen molar-refractivity contribution in [3.8, 4) is 0 Å². The van der Waals surface area contributed by atoms with Gasteiger partial charge in [0, 0.05) is 5.02 Å². The Kier molecular flexibility index (Phi) is 6.62. The van der Waals surface area contributed by atoms with Gasteiger partial charge in [-0.15, -0.1) is 0 Å². The summed E-state index contributed by atoms with van der Waals surface area (Å²) >= 11 is 5.76. The number of carbonyl (C=O) groups excluding carboxylic acids is 3. The standard InChI is InChI=1S/C15H15ClF2O5/c1-15(8-19,14(21)22-2)11(12(17)18)13(20)23-7-9-4-3-5-10(16)6-9/h3-6,8,11-12H,7H2,1-2H3. The molecule has 0 aliphatic heterocycles. The molecule has 0 aromatic heterocycles. The van der Waals surface area contributed by atoms with Crippen molar-refractivity contribution in [2.45, 2.75) is 20.0 Å². The Morgan fingerprint density at radius 2 is 2.04 bits per heavy atom. The molecule has 0 saturated heterocycles. The molecule has 8 heteroatoms. The van der Waals surface area contributed by atoms with Crippen LogP contribution in [-0.2, 0) is 30.5 Å². The fraction of sp³-hybridized carbons (Fsp3) is 0.400. The molecule has 126 valence electrons. The summed E-state index contributed by atoms with van der Waals surface area (Å²) in [6.07, 6.45) is -3.31. The van der Waals surface area contributed by atoms with Crippen LogP contribution in [0.25, 0.3) is 0 Å². The van der Waals surface area contributed by atoms with Crippen LogP contribution >= 0.6 is 11.6 Å². The number of carbonyl (C=O) groups is 3. The van der Waals surface area contributed by atoms with Crippen molar-refractivity contribution in [1.82, 2.24) is 0 Å². The largest absolute Gasteiger partial charge is 0.468 e. The number of hydrogen-bond donors (Lipinski definition) is 0. The number of aldehydes is 1. The van der Waals surface area contributed by atoms with Gasteiger partial charge < -0.3 is 14.3 Å². The average molecular weight is 349 g/mol. The number of benzene rings is 1. The van der Waals surface area contributed by atoms with Gasteiger partial charge in [-0.2, -0.15) is 0 Å². The molecule has 23 heavy (non-hydrogen) atoms. The van der Waals surface area contributed by atoms with Gasteiger partial charge in [0.05, 0.1) is 7.11 Å². The fourth-order valence-electron chi connectivity index (χ4n) is 1.95. The van der Waals surface area contributed by atoms with Crippen LogP contribution in [0.15, 0.2) is 24.3 Å². The SMILES string of the molecule is COC(=O)C(C)(C=O)C(C(=O)OCc1cccc(Cl)c1)C(F)F. The Hall–Kier alpha value is -2.02. The van der Waals surface area contributed by atoms with E-state index in [1.54, 1.807) is 18.2 Å². The predicted octanol–water partition coefficient (Wildman–Crippen LogP) is 2.64. The minimum absolute atomic E-state index is 0.0314. The van der Waals surface area contributed by atoms with Crippen molar-refractivity contribution >= 4 is 29.8 Å². The van der Waals surface area contributed by atoms with E-state index in [9.17, 15) is 23.2 Å². The zero-order chi connectivity index (χ0) is 17.6. The molecular weight excluding hydrogens is 334 g/mol. The Morgan fingerprint density at radius 3 is 2.52 bits per heavy atom. The monoisotopic (exact) mass is 348 g/mol. The van der Waals surface area contributed by atoms with E-state index in [1.807, 2.05) is 0 Å². The average Bonchev–Trinajstić information content (AvgIpc) is 2.51. The summed E-state index contributed by atoms with van der Waals surface area (Å²) in [5, 5.41) is 0.385. The number of esters is 2. The molecule has 0 fully saturated rings. The lowest BCUT2D eigenvalue weighted by Crippen LogP contribution is -2.46. The van der Waals surface area contributed by atoms with Crippen molar-refractivity contribution in [1.29, 1.82) is 0 Å². The predicted molar refractivity (Wildman–Crippen MR) is 76.9 cm³/mol. The molecule has 0 aliphatic carbocycles. The van der Waals surface area contributed by atoms with E-state index >= 15 is 0 Å². The van der Waals surface area contributed by atoms with Gasteiger partial charge in [0.25, 0.3) is 6.43 Å². The number of rotatable bonds is 7.